The van der Waals surface area contributed by atoms with Crippen LogP contribution in [0.5, 0.6) is 0 Å². The molecule has 1 aromatic carbocycles. The van der Waals surface area contributed by atoms with Gasteiger partial charge >= 0.3 is 5.97 Å². The third-order valence-corrected chi connectivity index (χ3v) is 5.07. The summed E-state index contributed by atoms with van der Waals surface area (Å²) in [5.41, 5.74) is -0.0247. The zero-order chi connectivity index (χ0) is 13.1. The van der Waals surface area contributed by atoms with Crippen molar-refractivity contribution in [2.45, 2.75) is 24.7 Å². The zero-order valence-electron chi connectivity index (χ0n) is 9.31. The number of halogens is 1. The predicted molar refractivity (Wildman–Crippen MR) is 68.1 cm³/mol. The van der Waals surface area contributed by atoms with Gasteiger partial charge in [-0.3, -0.25) is 0 Å². The summed E-state index contributed by atoms with van der Waals surface area (Å²) in [6, 6.07) is 4.00. The van der Waals surface area contributed by atoms with Gasteiger partial charge in [-0.1, -0.05) is 13.3 Å². The number of sulfone groups is 1. The Morgan fingerprint density at radius 3 is 2.59 bits per heavy atom. The maximum atomic E-state index is 12.0. The van der Waals surface area contributed by atoms with Crippen LogP contribution in [0.1, 0.15) is 30.1 Å². The molecule has 0 aromatic heterocycles. The van der Waals surface area contributed by atoms with E-state index in [1.807, 2.05) is 6.92 Å². The quantitative estimate of drug-likeness (QED) is 0.905. The molecule has 0 aliphatic heterocycles. The standard InChI is InChI=1S/C11H13BrO4S/c1-2-3-6-17(15,16)10-7-8(11(13)14)4-5-9(10)12/h4-5,7H,2-3,6H2,1H3,(H,13,14). The van der Waals surface area contributed by atoms with E-state index in [2.05, 4.69) is 15.9 Å². The van der Waals surface area contributed by atoms with E-state index < -0.39 is 15.8 Å². The van der Waals surface area contributed by atoms with Crippen LogP contribution in [0.3, 0.4) is 0 Å². The van der Waals surface area contributed by atoms with Crippen LogP contribution in [-0.4, -0.2) is 25.2 Å². The minimum Gasteiger partial charge on any atom is -0.478 e. The molecular formula is C11H13BrO4S. The maximum absolute atomic E-state index is 12.0. The molecule has 0 spiro atoms. The minimum absolute atomic E-state index is 0.0247. The minimum atomic E-state index is -3.42. The second kappa shape index (κ2) is 5.64. The van der Waals surface area contributed by atoms with E-state index in [1.54, 1.807) is 0 Å². The molecule has 1 aromatic rings. The number of hydrogen-bond acceptors (Lipinski definition) is 3. The zero-order valence-corrected chi connectivity index (χ0v) is 11.7. The second-order valence-electron chi connectivity index (χ2n) is 3.62. The summed E-state index contributed by atoms with van der Waals surface area (Å²) >= 11 is 3.14. The number of carbonyl (C=O) groups is 1. The van der Waals surface area contributed by atoms with Gasteiger partial charge in [-0.2, -0.15) is 0 Å². The molecule has 0 saturated heterocycles. The molecule has 0 amide bonds. The first-order valence-corrected chi connectivity index (χ1v) is 7.58. The molecular weight excluding hydrogens is 308 g/mol. The van der Waals surface area contributed by atoms with E-state index in [0.717, 1.165) is 6.42 Å². The second-order valence-corrected chi connectivity index (χ2v) is 6.55. The molecule has 1 rings (SSSR count). The molecule has 4 nitrogen and oxygen atoms in total. The van der Waals surface area contributed by atoms with Gasteiger partial charge in [-0.25, -0.2) is 13.2 Å². The first kappa shape index (κ1) is 14.2. The van der Waals surface area contributed by atoms with Crippen LogP contribution >= 0.6 is 15.9 Å². The summed E-state index contributed by atoms with van der Waals surface area (Å²) in [5.74, 6) is -1.10. The topological polar surface area (TPSA) is 71.4 Å². The van der Waals surface area contributed by atoms with Gasteiger partial charge in [0.1, 0.15) is 0 Å². The van der Waals surface area contributed by atoms with Crippen LogP contribution in [0.4, 0.5) is 0 Å². The highest BCUT2D eigenvalue weighted by Crippen LogP contribution is 2.25. The van der Waals surface area contributed by atoms with E-state index in [0.29, 0.717) is 10.9 Å². The molecule has 0 aliphatic rings. The summed E-state index contributed by atoms with van der Waals surface area (Å²) in [4.78, 5) is 10.8. The van der Waals surface area contributed by atoms with Gasteiger partial charge in [0.25, 0.3) is 0 Å². The first-order chi connectivity index (χ1) is 7.88. The monoisotopic (exact) mass is 320 g/mol. The van der Waals surface area contributed by atoms with Crippen molar-refractivity contribution < 1.29 is 18.3 Å². The first-order valence-electron chi connectivity index (χ1n) is 5.14. The number of hydrogen-bond donors (Lipinski definition) is 1. The maximum Gasteiger partial charge on any atom is 0.335 e. The van der Waals surface area contributed by atoms with Crippen molar-refractivity contribution >= 4 is 31.7 Å². The highest BCUT2D eigenvalue weighted by Gasteiger charge is 2.19. The van der Waals surface area contributed by atoms with Crippen LogP contribution in [0.15, 0.2) is 27.6 Å². The fraction of sp³-hybridized carbons (Fsp3) is 0.364. The highest BCUT2D eigenvalue weighted by atomic mass is 79.9. The Morgan fingerprint density at radius 1 is 1.41 bits per heavy atom. The molecule has 0 bridgehead atoms. The summed E-state index contributed by atoms with van der Waals surface area (Å²) in [6.45, 7) is 1.90. The van der Waals surface area contributed by atoms with Crippen LogP contribution in [-0.2, 0) is 9.84 Å². The van der Waals surface area contributed by atoms with Gasteiger partial charge in [0.05, 0.1) is 16.2 Å². The largest absolute Gasteiger partial charge is 0.478 e. The predicted octanol–water partition coefficient (Wildman–Crippen LogP) is 2.72. The fourth-order valence-corrected chi connectivity index (χ4v) is 3.87. The van der Waals surface area contributed by atoms with Crippen molar-refractivity contribution in [1.29, 1.82) is 0 Å². The van der Waals surface area contributed by atoms with Gasteiger partial charge in [0.2, 0.25) is 0 Å². The summed E-state index contributed by atoms with van der Waals surface area (Å²) in [5, 5.41) is 8.83. The van der Waals surface area contributed by atoms with E-state index in [1.165, 1.54) is 18.2 Å². The lowest BCUT2D eigenvalue weighted by Gasteiger charge is -2.07. The van der Waals surface area contributed by atoms with Crippen LogP contribution in [0.2, 0.25) is 0 Å². The smallest absolute Gasteiger partial charge is 0.335 e. The molecule has 0 heterocycles. The van der Waals surface area contributed by atoms with E-state index in [-0.39, 0.29) is 16.2 Å². The Labute approximate surface area is 109 Å². The Morgan fingerprint density at radius 2 is 2.06 bits per heavy atom. The lowest BCUT2D eigenvalue weighted by molar-refractivity contribution is 0.0696. The van der Waals surface area contributed by atoms with Crippen molar-refractivity contribution in [2.24, 2.45) is 0 Å². The lowest BCUT2D eigenvalue weighted by Crippen LogP contribution is -2.09. The van der Waals surface area contributed by atoms with Crippen LogP contribution in [0.25, 0.3) is 0 Å². The average molecular weight is 321 g/mol. The van der Waals surface area contributed by atoms with E-state index >= 15 is 0 Å². The lowest BCUT2D eigenvalue weighted by atomic mass is 10.2. The van der Waals surface area contributed by atoms with Gasteiger partial charge < -0.3 is 5.11 Å². The third-order valence-electron chi connectivity index (χ3n) is 2.28. The van der Waals surface area contributed by atoms with Gasteiger partial charge in [-0.15, -0.1) is 0 Å². The van der Waals surface area contributed by atoms with Crippen molar-refractivity contribution in [3.05, 3.63) is 28.2 Å². The summed E-state index contributed by atoms with van der Waals surface area (Å²) < 4.78 is 24.3. The van der Waals surface area contributed by atoms with Gasteiger partial charge in [0.15, 0.2) is 9.84 Å². The Balaban J connectivity index is 3.20. The highest BCUT2D eigenvalue weighted by molar-refractivity contribution is 9.10. The Hall–Kier alpha value is -0.880. The number of benzene rings is 1. The molecule has 1 N–H and O–H groups in total. The van der Waals surface area contributed by atoms with Gasteiger partial charge in [-0.05, 0) is 40.5 Å². The fourth-order valence-electron chi connectivity index (χ4n) is 1.32. The number of carboxylic acids is 1. The van der Waals surface area contributed by atoms with Gasteiger partial charge in [0, 0.05) is 4.47 Å². The molecule has 0 aliphatic carbocycles. The third kappa shape index (κ3) is 3.54. The van der Waals surface area contributed by atoms with Crippen molar-refractivity contribution in [2.75, 3.05) is 5.75 Å². The van der Waals surface area contributed by atoms with E-state index in [4.69, 9.17) is 5.11 Å². The molecule has 94 valence electrons. The number of rotatable bonds is 5. The average Bonchev–Trinajstić information content (AvgIpc) is 2.26. The van der Waals surface area contributed by atoms with Crippen molar-refractivity contribution in [3.63, 3.8) is 0 Å². The van der Waals surface area contributed by atoms with Crippen molar-refractivity contribution in [3.8, 4) is 0 Å². The molecule has 6 heteroatoms. The number of aromatic carboxylic acids is 1. The number of unbranched alkanes of at least 4 members (excludes halogenated alkanes) is 1. The normalized spacial score (nSPS) is 11.4. The summed E-state index contributed by atoms with van der Waals surface area (Å²) in [7, 11) is -3.42. The van der Waals surface area contributed by atoms with Crippen LogP contribution in [0, 0.1) is 0 Å². The molecule has 0 fully saturated rings. The van der Waals surface area contributed by atoms with Crippen molar-refractivity contribution in [1.82, 2.24) is 0 Å². The molecule has 17 heavy (non-hydrogen) atoms. The molecule has 0 saturated carbocycles. The SMILES string of the molecule is CCCCS(=O)(=O)c1cc(C(=O)O)ccc1Br. The molecule has 0 radical (unpaired) electrons. The van der Waals surface area contributed by atoms with Crippen LogP contribution < -0.4 is 0 Å². The Bertz CT molecular complexity index is 522. The number of carboxylic acid groups (broad SMARTS) is 1. The molecule has 0 unspecified atom stereocenters. The van der Waals surface area contributed by atoms with E-state index in [9.17, 15) is 13.2 Å². The Kier molecular flexibility index (Phi) is 4.70. The molecule has 0 atom stereocenters. The summed E-state index contributed by atoms with van der Waals surface area (Å²) in [6.07, 6.45) is 1.33.